The highest BCUT2D eigenvalue weighted by Gasteiger charge is 2.09. The highest BCUT2D eigenvalue weighted by Crippen LogP contribution is 2.12. The van der Waals surface area contributed by atoms with E-state index in [0.29, 0.717) is 6.42 Å². The second-order valence-corrected chi connectivity index (χ2v) is 5.62. The van der Waals surface area contributed by atoms with Crippen LogP contribution in [0.4, 0.5) is 0 Å². The van der Waals surface area contributed by atoms with E-state index in [9.17, 15) is 4.79 Å². The first kappa shape index (κ1) is 18.4. The van der Waals surface area contributed by atoms with E-state index >= 15 is 0 Å². The van der Waals surface area contributed by atoms with Crippen molar-refractivity contribution >= 4 is 5.97 Å². The minimum absolute atomic E-state index is 0.618. The molecule has 0 amide bonds. The molecule has 19 heavy (non-hydrogen) atoms. The van der Waals surface area contributed by atoms with Crippen LogP contribution < -0.4 is 5.73 Å². The minimum Gasteiger partial charge on any atom is -0.480 e. The predicted octanol–water partition coefficient (Wildman–Crippen LogP) is 4.49. The monoisotopic (exact) mass is 271 g/mol. The number of carboxylic acid groups (broad SMARTS) is 1. The van der Waals surface area contributed by atoms with Gasteiger partial charge in [0.15, 0.2) is 0 Å². The summed E-state index contributed by atoms with van der Waals surface area (Å²) in [5.41, 5.74) is 5.45. The molecular formula is C16H33NO2. The number of unbranched alkanes of at least 4 members (excludes halogenated alkanes) is 11. The molecule has 0 aromatic heterocycles. The number of carboxylic acids is 1. The zero-order valence-corrected chi connectivity index (χ0v) is 12.7. The second-order valence-electron chi connectivity index (χ2n) is 5.62. The molecule has 1 atom stereocenters. The van der Waals surface area contributed by atoms with Crippen molar-refractivity contribution < 1.29 is 9.90 Å². The summed E-state index contributed by atoms with van der Waals surface area (Å²) in [7, 11) is 0. The van der Waals surface area contributed by atoms with Gasteiger partial charge in [-0.05, 0) is 6.42 Å². The number of hydrogen-bond acceptors (Lipinski definition) is 2. The molecule has 114 valence electrons. The number of carbonyl (C=O) groups is 1. The van der Waals surface area contributed by atoms with Crippen molar-refractivity contribution in [3.05, 3.63) is 0 Å². The average Bonchev–Trinajstić information content (AvgIpc) is 2.39. The molecule has 3 nitrogen and oxygen atoms in total. The lowest BCUT2D eigenvalue weighted by Gasteiger charge is -2.05. The molecule has 0 aliphatic heterocycles. The van der Waals surface area contributed by atoms with E-state index in [4.69, 9.17) is 10.8 Å². The normalized spacial score (nSPS) is 12.5. The van der Waals surface area contributed by atoms with Crippen LogP contribution in [0.2, 0.25) is 0 Å². The Morgan fingerprint density at radius 2 is 1.21 bits per heavy atom. The van der Waals surface area contributed by atoms with Crippen molar-refractivity contribution in [2.75, 3.05) is 0 Å². The van der Waals surface area contributed by atoms with E-state index in [1.54, 1.807) is 0 Å². The Balaban J connectivity index is 3.05. The molecule has 0 aliphatic carbocycles. The Morgan fingerprint density at radius 1 is 0.842 bits per heavy atom. The van der Waals surface area contributed by atoms with E-state index in [1.807, 2.05) is 0 Å². The number of hydrogen-bond donors (Lipinski definition) is 2. The predicted molar refractivity (Wildman–Crippen MR) is 81.3 cm³/mol. The van der Waals surface area contributed by atoms with Crippen molar-refractivity contribution in [3.63, 3.8) is 0 Å². The molecule has 0 saturated carbocycles. The van der Waals surface area contributed by atoms with Gasteiger partial charge in [-0.3, -0.25) is 4.79 Å². The topological polar surface area (TPSA) is 63.3 Å². The van der Waals surface area contributed by atoms with E-state index < -0.39 is 12.0 Å². The maximum atomic E-state index is 10.5. The van der Waals surface area contributed by atoms with Crippen molar-refractivity contribution in [1.82, 2.24) is 0 Å². The van der Waals surface area contributed by atoms with Gasteiger partial charge in [-0.2, -0.15) is 0 Å². The lowest BCUT2D eigenvalue weighted by Crippen LogP contribution is -2.29. The van der Waals surface area contributed by atoms with Gasteiger partial charge in [0.05, 0.1) is 0 Å². The largest absolute Gasteiger partial charge is 0.480 e. The highest BCUT2D eigenvalue weighted by atomic mass is 16.4. The van der Waals surface area contributed by atoms with E-state index in [2.05, 4.69) is 6.92 Å². The molecule has 0 spiro atoms. The first-order chi connectivity index (χ1) is 9.18. The summed E-state index contributed by atoms with van der Waals surface area (Å²) in [6.07, 6.45) is 16.2. The molecular weight excluding hydrogens is 238 g/mol. The molecule has 0 aromatic carbocycles. The van der Waals surface area contributed by atoms with Gasteiger partial charge in [0.1, 0.15) is 6.04 Å². The van der Waals surface area contributed by atoms with Crippen molar-refractivity contribution in [1.29, 1.82) is 0 Å². The zero-order chi connectivity index (χ0) is 14.3. The molecule has 0 fully saturated rings. The first-order valence-electron chi connectivity index (χ1n) is 8.17. The van der Waals surface area contributed by atoms with Gasteiger partial charge < -0.3 is 10.8 Å². The average molecular weight is 271 g/mol. The smallest absolute Gasteiger partial charge is 0.320 e. The lowest BCUT2D eigenvalue weighted by atomic mass is 10.0. The minimum atomic E-state index is -0.872. The Kier molecular flexibility index (Phi) is 13.4. The Morgan fingerprint density at radius 3 is 1.58 bits per heavy atom. The summed E-state index contributed by atoms with van der Waals surface area (Å²) >= 11 is 0. The quantitative estimate of drug-likeness (QED) is 0.457. The summed E-state index contributed by atoms with van der Waals surface area (Å²) in [4.78, 5) is 10.5. The van der Waals surface area contributed by atoms with Crippen LogP contribution in [0.5, 0.6) is 0 Å². The van der Waals surface area contributed by atoms with E-state index in [1.165, 1.54) is 64.2 Å². The maximum absolute atomic E-state index is 10.5. The third kappa shape index (κ3) is 13.7. The van der Waals surface area contributed by atoms with E-state index in [0.717, 1.165) is 12.8 Å². The molecule has 0 rings (SSSR count). The van der Waals surface area contributed by atoms with Gasteiger partial charge in [-0.25, -0.2) is 0 Å². The molecule has 0 aliphatic rings. The Hall–Kier alpha value is -0.570. The van der Waals surface area contributed by atoms with Gasteiger partial charge in [0, 0.05) is 0 Å². The molecule has 3 heteroatoms. The van der Waals surface area contributed by atoms with Gasteiger partial charge in [0.25, 0.3) is 0 Å². The van der Waals surface area contributed by atoms with Crippen molar-refractivity contribution in [3.8, 4) is 0 Å². The fraction of sp³-hybridized carbons (Fsp3) is 0.938. The summed E-state index contributed by atoms with van der Waals surface area (Å²) in [5, 5.41) is 8.63. The maximum Gasteiger partial charge on any atom is 0.320 e. The van der Waals surface area contributed by atoms with Crippen LogP contribution in [0.1, 0.15) is 90.4 Å². The van der Waals surface area contributed by atoms with Crippen molar-refractivity contribution in [2.45, 2.75) is 96.4 Å². The summed E-state index contributed by atoms with van der Waals surface area (Å²) in [6.45, 7) is 2.25. The molecule has 0 aromatic rings. The van der Waals surface area contributed by atoms with Gasteiger partial charge in [0.2, 0.25) is 0 Å². The molecule has 0 bridgehead atoms. The number of rotatable bonds is 14. The fourth-order valence-electron chi connectivity index (χ4n) is 2.33. The van der Waals surface area contributed by atoms with E-state index in [-0.39, 0.29) is 0 Å². The molecule has 0 heterocycles. The Bertz CT molecular complexity index is 207. The summed E-state index contributed by atoms with van der Waals surface area (Å²) < 4.78 is 0. The lowest BCUT2D eigenvalue weighted by molar-refractivity contribution is -0.138. The van der Waals surface area contributed by atoms with Crippen LogP contribution in [-0.2, 0) is 4.79 Å². The third-order valence-corrected chi connectivity index (χ3v) is 3.69. The zero-order valence-electron chi connectivity index (χ0n) is 12.7. The summed E-state index contributed by atoms with van der Waals surface area (Å²) in [5.74, 6) is -0.872. The standard InChI is InChI=1S/C16H33NO2/c1-2-3-4-5-6-7-8-9-10-11-12-13-14-15(17)16(18)19/h15H,2-14,17H2,1H3,(H,18,19)/t15-/m1/s1. The van der Waals surface area contributed by atoms with Gasteiger partial charge in [-0.1, -0.05) is 84.0 Å². The molecule has 0 saturated heterocycles. The molecule has 3 N–H and O–H groups in total. The Labute approximate surface area is 119 Å². The highest BCUT2D eigenvalue weighted by molar-refractivity contribution is 5.72. The SMILES string of the molecule is CCCCCCCCCCCCCC[C@@H](N)C(=O)O. The van der Waals surface area contributed by atoms with Gasteiger partial charge >= 0.3 is 5.97 Å². The number of nitrogens with two attached hydrogens (primary N) is 1. The van der Waals surface area contributed by atoms with Crippen LogP contribution in [0.25, 0.3) is 0 Å². The first-order valence-corrected chi connectivity index (χ1v) is 8.17. The number of aliphatic carboxylic acids is 1. The van der Waals surface area contributed by atoms with Crippen LogP contribution in [0, 0.1) is 0 Å². The van der Waals surface area contributed by atoms with Crippen LogP contribution in [0.3, 0.4) is 0 Å². The summed E-state index contributed by atoms with van der Waals surface area (Å²) in [6, 6.07) is -0.664. The van der Waals surface area contributed by atoms with Gasteiger partial charge in [-0.15, -0.1) is 0 Å². The van der Waals surface area contributed by atoms with Crippen molar-refractivity contribution in [2.24, 2.45) is 5.73 Å². The van der Waals surface area contributed by atoms with Crippen LogP contribution in [0.15, 0.2) is 0 Å². The second kappa shape index (κ2) is 13.9. The molecule has 0 radical (unpaired) electrons. The van der Waals surface area contributed by atoms with Crippen LogP contribution >= 0.6 is 0 Å². The fourth-order valence-corrected chi connectivity index (χ4v) is 2.33. The third-order valence-electron chi connectivity index (χ3n) is 3.69. The van der Waals surface area contributed by atoms with Crippen LogP contribution in [-0.4, -0.2) is 17.1 Å². The molecule has 0 unspecified atom stereocenters.